The van der Waals surface area contributed by atoms with Gasteiger partial charge in [-0.2, -0.15) is 0 Å². The first kappa shape index (κ1) is 24.0. The fourth-order valence-corrected chi connectivity index (χ4v) is 6.23. The molecule has 4 fully saturated rings. The van der Waals surface area contributed by atoms with Crippen molar-refractivity contribution in [3.63, 3.8) is 0 Å². The second-order valence-electron chi connectivity index (χ2n) is 10.6. The van der Waals surface area contributed by atoms with Crippen molar-refractivity contribution in [2.24, 2.45) is 5.92 Å². The third kappa shape index (κ3) is 5.35. The van der Waals surface area contributed by atoms with E-state index in [-0.39, 0.29) is 30.5 Å². The van der Waals surface area contributed by atoms with E-state index in [1.54, 1.807) is 0 Å². The van der Waals surface area contributed by atoms with Crippen LogP contribution in [0.25, 0.3) is 0 Å². The number of hydrogen-bond donors (Lipinski definition) is 1. The molecule has 3 aliphatic carbocycles. The molecule has 1 heterocycles. The first-order valence-electron chi connectivity index (χ1n) is 13.0. The molecule has 33 heavy (non-hydrogen) atoms. The van der Waals surface area contributed by atoms with Crippen LogP contribution in [0, 0.1) is 5.92 Å². The molecule has 4 amide bonds. The van der Waals surface area contributed by atoms with Crippen molar-refractivity contribution in [2.75, 3.05) is 13.2 Å². The van der Waals surface area contributed by atoms with Crippen molar-refractivity contribution in [1.29, 1.82) is 0 Å². The Bertz CT molecular complexity index is 731. The highest BCUT2D eigenvalue weighted by Gasteiger charge is 2.52. The van der Waals surface area contributed by atoms with Crippen molar-refractivity contribution < 1.29 is 23.9 Å². The van der Waals surface area contributed by atoms with Crippen LogP contribution >= 0.6 is 0 Å². The fourth-order valence-electron chi connectivity index (χ4n) is 6.23. The smallest absolute Gasteiger partial charge is 0.326 e. The standard InChI is InChI=1S/C25H39N3O5/c1-18-12-14-25(15-13-18)23(31)27(24(32)26-25)16-22(30)33-17-21(29)28(19-8-4-2-5-9-19)20-10-6-3-7-11-20/h18-20H,2-17H2,1H3,(H,26,32). The molecule has 0 unspecified atom stereocenters. The molecule has 3 saturated carbocycles. The van der Waals surface area contributed by atoms with Crippen LogP contribution in [0.1, 0.15) is 96.8 Å². The van der Waals surface area contributed by atoms with E-state index < -0.39 is 24.1 Å². The van der Waals surface area contributed by atoms with E-state index in [4.69, 9.17) is 4.74 Å². The number of urea groups is 1. The summed E-state index contributed by atoms with van der Waals surface area (Å²) in [7, 11) is 0. The third-order valence-corrected chi connectivity index (χ3v) is 8.24. The molecule has 0 bridgehead atoms. The lowest BCUT2D eigenvalue weighted by Crippen LogP contribution is -2.50. The number of imide groups is 1. The van der Waals surface area contributed by atoms with Gasteiger partial charge in [0.15, 0.2) is 6.61 Å². The fraction of sp³-hybridized carbons (Fsp3) is 0.840. The number of esters is 1. The highest BCUT2D eigenvalue weighted by molar-refractivity contribution is 6.08. The molecule has 0 atom stereocenters. The van der Waals surface area contributed by atoms with Gasteiger partial charge in [0.05, 0.1) is 0 Å². The van der Waals surface area contributed by atoms with E-state index in [1.165, 1.54) is 12.8 Å². The van der Waals surface area contributed by atoms with Crippen LogP contribution in [0.3, 0.4) is 0 Å². The van der Waals surface area contributed by atoms with Gasteiger partial charge in [0.2, 0.25) is 0 Å². The van der Waals surface area contributed by atoms with Gasteiger partial charge in [-0.1, -0.05) is 45.4 Å². The second kappa shape index (κ2) is 10.4. The van der Waals surface area contributed by atoms with Gasteiger partial charge in [0.1, 0.15) is 12.1 Å². The van der Waals surface area contributed by atoms with Gasteiger partial charge in [-0.05, 0) is 57.3 Å². The van der Waals surface area contributed by atoms with Crippen LogP contribution in [-0.4, -0.2) is 64.4 Å². The summed E-state index contributed by atoms with van der Waals surface area (Å²) in [5.41, 5.74) is -0.877. The van der Waals surface area contributed by atoms with E-state index in [1.807, 2.05) is 4.90 Å². The number of amides is 4. The van der Waals surface area contributed by atoms with E-state index in [0.29, 0.717) is 18.8 Å². The highest BCUT2D eigenvalue weighted by atomic mass is 16.5. The number of hydrogen-bond acceptors (Lipinski definition) is 5. The van der Waals surface area contributed by atoms with Gasteiger partial charge in [0, 0.05) is 12.1 Å². The van der Waals surface area contributed by atoms with Crippen molar-refractivity contribution in [3.8, 4) is 0 Å². The molecule has 1 spiro atoms. The van der Waals surface area contributed by atoms with Gasteiger partial charge in [-0.25, -0.2) is 4.79 Å². The van der Waals surface area contributed by atoms with Gasteiger partial charge in [-0.15, -0.1) is 0 Å². The molecule has 1 saturated heterocycles. The minimum absolute atomic E-state index is 0.142. The molecule has 0 aromatic carbocycles. The lowest BCUT2D eigenvalue weighted by molar-refractivity contribution is -0.156. The Balaban J connectivity index is 1.32. The molecule has 1 N–H and O–H groups in total. The molecule has 0 radical (unpaired) electrons. The summed E-state index contributed by atoms with van der Waals surface area (Å²) in [5.74, 6) is -0.659. The number of rotatable bonds is 6. The van der Waals surface area contributed by atoms with Crippen LogP contribution < -0.4 is 5.32 Å². The molecule has 184 valence electrons. The minimum atomic E-state index is -0.877. The Kier molecular flexibility index (Phi) is 7.59. The Labute approximate surface area is 196 Å². The topological polar surface area (TPSA) is 96.0 Å². The minimum Gasteiger partial charge on any atom is -0.454 e. The van der Waals surface area contributed by atoms with Crippen molar-refractivity contribution in [2.45, 2.75) is 114 Å². The SMILES string of the molecule is CC1CCC2(CC1)NC(=O)N(CC(=O)OCC(=O)N(C1CCCCC1)C1CCCCC1)C2=O. The molecule has 4 rings (SSSR count). The average Bonchev–Trinajstić information content (AvgIpc) is 3.05. The van der Waals surface area contributed by atoms with Crippen molar-refractivity contribution in [3.05, 3.63) is 0 Å². The first-order chi connectivity index (χ1) is 15.9. The predicted octanol–water partition coefficient (Wildman–Crippen LogP) is 3.52. The number of nitrogens with one attached hydrogen (secondary N) is 1. The monoisotopic (exact) mass is 461 g/mol. The summed E-state index contributed by atoms with van der Waals surface area (Å²) < 4.78 is 5.31. The zero-order chi connectivity index (χ0) is 23.4. The quantitative estimate of drug-likeness (QED) is 0.482. The molecule has 4 aliphatic rings. The Morgan fingerprint density at radius 1 is 0.939 bits per heavy atom. The maximum atomic E-state index is 13.2. The number of carbonyl (C=O) groups excluding carboxylic acids is 4. The van der Waals surface area contributed by atoms with Crippen LogP contribution in [0.5, 0.6) is 0 Å². The predicted molar refractivity (Wildman–Crippen MR) is 122 cm³/mol. The molecular formula is C25H39N3O5. The van der Waals surface area contributed by atoms with Crippen LogP contribution in [-0.2, 0) is 19.1 Å². The second-order valence-corrected chi connectivity index (χ2v) is 10.6. The van der Waals surface area contributed by atoms with E-state index in [9.17, 15) is 19.2 Å². The summed E-state index contributed by atoms with van der Waals surface area (Å²) >= 11 is 0. The van der Waals surface area contributed by atoms with Crippen molar-refractivity contribution in [1.82, 2.24) is 15.1 Å². The lowest BCUT2D eigenvalue weighted by atomic mass is 9.77. The van der Waals surface area contributed by atoms with E-state index in [2.05, 4.69) is 12.2 Å². The molecule has 0 aromatic heterocycles. The number of ether oxygens (including phenoxy) is 1. The zero-order valence-electron chi connectivity index (χ0n) is 20.0. The first-order valence-corrected chi connectivity index (χ1v) is 13.0. The van der Waals surface area contributed by atoms with Gasteiger partial charge < -0.3 is 15.0 Å². The summed E-state index contributed by atoms with van der Waals surface area (Å²) in [6, 6.07) is -0.0797. The van der Waals surface area contributed by atoms with Crippen LogP contribution in [0.15, 0.2) is 0 Å². The maximum Gasteiger partial charge on any atom is 0.326 e. The van der Waals surface area contributed by atoms with Crippen LogP contribution in [0.2, 0.25) is 0 Å². The Morgan fingerprint density at radius 2 is 1.48 bits per heavy atom. The summed E-state index contributed by atoms with van der Waals surface area (Å²) in [5, 5.41) is 2.82. The summed E-state index contributed by atoms with van der Waals surface area (Å²) in [4.78, 5) is 54.1. The molecule has 0 aromatic rings. The Morgan fingerprint density at radius 3 is 2.03 bits per heavy atom. The van der Waals surface area contributed by atoms with Gasteiger partial charge in [0.25, 0.3) is 11.8 Å². The van der Waals surface area contributed by atoms with Crippen LogP contribution in [0.4, 0.5) is 4.79 Å². The number of nitrogens with zero attached hydrogens (tertiary/aromatic N) is 2. The summed E-state index contributed by atoms with van der Waals surface area (Å²) in [6.45, 7) is 1.38. The lowest BCUT2D eigenvalue weighted by Gasteiger charge is -2.41. The zero-order valence-corrected chi connectivity index (χ0v) is 20.0. The molecule has 8 heteroatoms. The Hall–Kier alpha value is -2.12. The average molecular weight is 462 g/mol. The highest BCUT2D eigenvalue weighted by Crippen LogP contribution is 2.36. The van der Waals surface area contributed by atoms with E-state index >= 15 is 0 Å². The molecular weight excluding hydrogens is 422 g/mol. The molecule has 8 nitrogen and oxygen atoms in total. The van der Waals surface area contributed by atoms with Crippen molar-refractivity contribution >= 4 is 23.8 Å². The van der Waals surface area contributed by atoms with E-state index in [0.717, 1.165) is 69.1 Å². The normalized spacial score (nSPS) is 29.2. The van der Waals surface area contributed by atoms with Gasteiger partial charge >= 0.3 is 12.0 Å². The third-order valence-electron chi connectivity index (χ3n) is 8.24. The molecule has 1 aliphatic heterocycles. The maximum absolute atomic E-state index is 13.2. The number of carbonyl (C=O) groups is 4. The largest absolute Gasteiger partial charge is 0.454 e. The summed E-state index contributed by atoms with van der Waals surface area (Å²) in [6.07, 6.45) is 13.9. The van der Waals surface area contributed by atoms with Gasteiger partial charge in [-0.3, -0.25) is 19.3 Å².